The topological polar surface area (TPSA) is 59.2 Å². The zero-order valence-corrected chi connectivity index (χ0v) is 15.9. The van der Waals surface area contributed by atoms with Crippen LogP contribution >= 0.6 is 0 Å². The van der Waals surface area contributed by atoms with Gasteiger partial charge in [0.25, 0.3) is 5.91 Å². The molecule has 4 rings (SSSR count). The second-order valence-corrected chi connectivity index (χ2v) is 8.07. The maximum atomic E-state index is 13.6. The maximum absolute atomic E-state index is 13.6. The highest BCUT2D eigenvalue weighted by Gasteiger charge is 2.31. The van der Waals surface area contributed by atoms with Crippen molar-refractivity contribution >= 4 is 16.8 Å². The molecular weight excluding hydrogens is 322 g/mol. The van der Waals surface area contributed by atoms with Crippen LogP contribution in [0.5, 0.6) is 0 Å². The second-order valence-electron chi connectivity index (χ2n) is 8.07. The largest absolute Gasteiger partial charge is 0.336 e. The van der Waals surface area contributed by atoms with Gasteiger partial charge in [-0.2, -0.15) is 0 Å². The molecule has 1 saturated carbocycles. The molecule has 2 fully saturated rings. The molecule has 138 valence electrons. The normalized spacial score (nSPS) is 20.6. The molecule has 1 aliphatic carbocycles. The van der Waals surface area contributed by atoms with Gasteiger partial charge in [0, 0.05) is 29.6 Å². The lowest BCUT2D eigenvalue weighted by Crippen LogP contribution is -2.44. The van der Waals surface area contributed by atoms with Crippen molar-refractivity contribution in [2.24, 2.45) is 5.73 Å². The van der Waals surface area contributed by atoms with Gasteiger partial charge >= 0.3 is 0 Å². The van der Waals surface area contributed by atoms with Gasteiger partial charge in [0.1, 0.15) is 0 Å². The molecule has 1 aliphatic heterocycles. The van der Waals surface area contributed by atoms with Crippen molar-refractivity contribution in [3.8, 4) is 0 Å². The number of benzene rings is 1. The lowest BCUT2D eigenvalue weighted by molar-refractivity contribution is 0.0607. The molecule has 1 aromatic heterocycles. The van der Waals surface area contributed by atoms with Gasteiger partial charge in [0.05, 0.1) is 11.1 Å². The van der Waals surface area contributed by atoms with E-state index in [9.17, 15) is 4.79 Å². The fourth-order valence-electron chi connectivity index (χ4n) is 4.45. The van der Waals surface area contributed by atoms with Crippen LogP contribution in [0, 0.1) is 13.8 Å². The minimum atomic E-state index is 0.171. The number of aryl methyl sites for hydroxylation is 2. The third-order valence-corrected chi connectivity index (χ3v) is 5.88. The predicted octanol–water partition coefficient (Wildman–Crippen LogP) is 4.07. The van der Waals surface area contributed by atoms with Crippen LogP contribution in [0.25, 0.3) is 10.9 Å². The summed E-state index contributed by atoms with van der Waals surface area (Å²) in [5.41, 5.74) is 11.1. The van der Waals surface area contributed by atoms with Crippen LogP contribution < -0.4 is 5.73 Å². The molecule has 1 saturated heterocycles. The summed E-state index contributed by atoms with van der Waals surface area (Å²) in [6, 6.07) is 6.64. The fourth-order valence-corrected chi connectivity index (χ4v) is 4.45. The van der Waals surface area contributed by atoms with Gasteiger partial charge in [0.2, 0.25) is 0 Å². The molecular formula is C22H29N3O. The van der Waals surface area contributed by atoms with Gasteiger partial charge in [0.15, 0.2) is 0 Å². The number of nitrogens with zero attached hydrogens (tertiary/aromatic N) is 2. The van der Waals surface area contributed by atoms with Gasteiger partial charge in [-0.25, -0.2) is 0 Å². The van der Waals surface area contributed by atoms with E-state index >= 15 is 0 Å². The monoisotopic (exact) mass is 351 g/mol. The van der Waals surface area contributed by atoms with Gasteiger partial charge in [-0.1, -0.05) is 6.07 Å². The Labute approximate surface area is 155 Å². The Morgan fingerprint density at radius 1 is 1.19 bits per heavy atom. The highest BCUT2D eigenvalue weighted by molar-refractivity contribution is 6.07. The van der Waals surface area contributed by atoms with E-state index in [1.54, 1.807) is 0 Å². The molecule has 0 spiro atoms. The lowest BCUT2D eigenvalue weighted by Gasteiger charge is -2.36. The van der Waals surface area contributed by atoms with Crippen molar-refractivity contribution < 1.29 is 4.79 Å². The zero-order valence-electron chi connectivity index (χ0n) is 15.9. The van der Waals surface area contributed by atoms with Crippen LogP contribution in [-0.2, 0) is 0 Å². The number of hydrogen-bond donors (Lipinski definition) is 1. The standard InChI is InChI=1S/C22H29N3O/c1-14-11-15(2)21-18(13-19(16-6-7-16)24-20(21)12-14)22(26)25-10-4-3-5-17(25)8-9-23/h11-13,16-17H,3-10,23H2,1-2H3/t17-/m1/s1. The summed E-state index contributed by atoms with van der Waals surface area (Å²) >= 11 is 0. The van der Waals surface area contributed by atoms with Crippen LogP contribution in [-0.4, -0.2) is 34.9 Å². The Kier molecular flexibility index (Phi) is 4.70. The van der Waals surface area contributed by atoms with E-state index in [0.29, 0.717) is 12.5 Å². The molecule has 0 bridgehead atoms. The minimum absolute atomic E-state index is 0.171. The molecule has 2 N–H and O–H groups in total. The SMILES string of the molecule is Cc1cc(C)c2c(C(=O)N3CCCC[C@@H]3CCN)cc(C3CC3)nc2c1. The summed E-state index contributed by atoms with van der Waals surface area (Å²) in [7, 11) is 0. The van der Waals surface area contributed by atoms with Crippen LogP contribution in [0.1, 0.15) is 71.6 Å². The Hall–Kier alpha value is -1.94. The van der Waals surface area contributed by atoms with Gasteiger partial charge < -0.3 is 10.6 Å². The highest BCUT2D eigenvalue weighted by atomic mass is 16.2. The van der Waals surface area contributed by atoms with Crippen LogP contribution in [0.2, 0.25) is 0 Å². The Morgan fingerprint density at radius 2 is 2.00 bits per heavy atom. The first-order valence-electron chi connectivity index (χ1n) is 10.0. The number of carbonyl (C=O) groups excluding carboxylic acids is 1. The van der Waals surface area contributed by atoms with Crippen molar-refractivity contribution in [3.63, 3.8) is 0 Å². The highest BCUT2D eigenvalue weighted by Crippen LogP contribution is 2.41. The number of rotatable bonds is 4. The van der Waals surface area contributed by atoms with Crippen LogP contribution in [0.15, 0.2) is 18.2 Å². The molecule has 2 aliphatic rings. The van der Waals surface area contributed by atoms with E-state index < -0.39 is 0 Å². The number of nitrogens with two attached hydrogens (primary N) is 1. The number of amides is 1. The quantitative estimate of drug-likeness (QED) is 0.903. The van der Waals surface area contributed by atoms with E-state index in [0.717, 1.165) is 53.5 Å². The maximum Gasteiger partial charge on any atom is 0.254 e. The number of pyridine rings is 1. The smallest absolute Gasteiger partial charge is 0.254 e. The Balaban J connectivity index is 1.82. The molecule has 26 heavy (non-hydrogen) atoms. The molecule has 4 nitrogen and oxygen atoms in total. The zero-order chi connectivity index (χ0) is 18.3. The van der Waals surface area contributed by atoms with E-state index in [-0.39, 0.29) is 11.9 Å². The summed E-state index contributed by atoms with van der Waals surface area (Å²) in [5, 5.41) is 1.03. The van der Waals surface area contributed by atoms with Crippen molar-refractivity contribution in [2.45, 2.75) is 64.3 Å². The fraction of sp³-hybridized carbons (Fsp3) is 0.545. The third kappa shape index (κ3) is 3.23. The molecule has 1 aromatic carbocycles. The summed E-state index contributed by atoms with van der Waals surface area (Å²) in [5.74, 6) is 0.706. The first-order valence-corrected chi connectivity index (χ1v) is 10.0. The average Bonchev–Trinajstić information content (AvgIpc) is 3.46. The number of piperidine rings is 1. The molecule has 1 amide bonds. The summed E-state index contributed by atoms with van der Waals surface area (Å²) in [6.07, 6.45) is 6.62. The van der Waals surface area contributed by atoms with Crippen molar-refractivity contribution in [2.75, 3.05) is 13.1 Å². The lowest BCUT2D eigenvalue weighted by atomic mass is 9.95. The molecule has 2 heterocycles. The van der Waals surface area contributed by atoms with Gasteiger partial charge in [-0.15, -0.1) is 0 Å². The average molecular weight is 351 g/mol. The van der Waals surface area contributed by atoms with E-state index in [1.807, 2.05) is 0 Å². The van der Waals surface area contributed by atoms with Gasteiger partial charge in [-0.05, 0) is 82.2 Å². The minimum Gasteiger partial charge on any atom is -0.336 e. The molecule has 1 atom stereocenters. The number of aromatic nitrogens is 1. The number of fused-ring (bicyclic) bond motifs is 1. The predicted molar refractivity (Wildman–Crippen MR) is 106 cm³/mol. The van der Waals surface area contributed by atoms with Crippen molar-refractivity contribution in [1.29, 1.82) is 0 Å². The third-order valence-electron chi connectivity index (χ3n) is 5.88. The Bertz CT molecular complexity index is 839. The van der Waals surface area contributed by atoms with Crippen LogP contribution in [0.3, 0.4) is 0 Å². The Morgan fingerprint density at radius 3 is 2.73 bits per heavy atom. The van der Waals surface area contributed by atoms with E-state index in [2.05, 4.69) is 36.9 Å². The summed E-state index contributed by atoms with van der Waals surface area (Å²) < 4.78 is 0. The molecule has 4 heteroatoms. The number of likely N-dealkylation sites (tertiary alicyclic amines) is 1. The van der Waals surface area contributed by atoms with Crippen molar-refractivity contribution in [3.05, 3.63) is 40.6 Å². The second kappa shape index (κ2) is 6.99. The first kappa shape index (κ1) is 17.5. The first-order chi connectivity index (χ1) is 12.6. The molecule has 2 aromatic rings. The van der Waals surface area contributed by atoms with E-state index in [4.69, 9.17) is 10.7 Å². The van der Waals surface area contributed by atoms with Crippen molar-refractivity contribution in [1.82, 2.24) is 9.88 Å². The molecule has 0 radical (unpaired) electrons. The molecule has 0 unspecified atom stereocenters. The van der Waals surface area contributed by atoms with Gasteiger partial charge in [-0.3, -0.25) is 9.78 Å². The summed E-state index contributed by atoms with van der Waals surface area (Å²) in [4.78, 5) is 20.6. The summed E-state index contributed by atoms with van der Waals surface area (Å²) in [6.45, 7) is 5.67. The van der Waals surface area contributed by atoms with E-state index in [1.165, 1.54) is 24.8 Å². The number of hydrogen-bond acceptors (Lipinski definition) is 3. The van der Waals surface area contributed by atoms with Crippen LogP contribution in [0.4, 0.5) is 0 Å². The number of carbonyl (C=O) groups is 1.